The zero-order valence-corrected chi connectivity index (χ0v) is 20.3. The van der Waals surface area contributed by atoms with E-state index in [0.717, 1.165) is 5.57 Å². The molecule has 0 aliphatic heterocycles. The van der Waals surface area contributed by atoms with E-state index in [2.05, 4.69) is 0 Å². The van der Waals surface area contributed by atoms with Gasteiger partial charge in [0, 0.05) is 5.92 Å². The lowest BCUT2D eigenvalue weighted by Gasteiger charge is -2.40. The van der Waals surface area contributed by atoms with Gasteiger partial charge in [0.25, 0.3) is 0 Å². The zero-order chi connectivity index (χ0) is 23.7. The molecule has 0 aromatic carbocycles. The molecule has 2 saturated carbocycles. The van der Waals surface area contributed by atoms with Gasteiger partial charge in [0.05, 0.1) is 16.4 Å². The Kier molecular flexibility index (Phi) is 5.50. The van der Waals surface area contributed by atoms with Crippen molar-refractivity contribution in [2.24, 2.45) is 34.0 Å². The SMILES string of the molecule is CCC(C)C(=O)C1=C(O)[C@]23C[C@H](C(C)(C)O)C(C)(C)[C@H]2CC(CC=C(C)C)(C1=O)C3=O. The van der Waals surface area contributed by atoms with E-state index in [1.54, 1.807) is 20.8 Å². The molecule has 0 heterocycles. The lowest BCUT2D eigenvalue weighted by atomic mass is 9.62. The number of Topliss-reactive ketones (excluding diaryl/α,β-unsaturated/α-hetero) is 3. The summed E-state index contributed by atoms with van der Waals surface area (Å²) in [5.74, 6) is -2.46. The fourth-order valence-corrected chi connectivity index (χ4v) is 6.76. The van der Waals surface area contributed by atoms with E-state index in [9.17, 15) is 24.6 Å². The van der Waals surface area contributed by atoms with Crippen molar-refractivity contribution in [3.8, 4) is 0 Å². The Morgan fingerprint density at radius 3 is 2.29 bits per heavy atom. The van der Waals surface area contributed by atoms with Crippen LogP contribution in [0.3, 0.4) is 0 Å². The second-order valence-electron chi connectivity index (χ2n) is 11.6. The monoisotopic (exact) mass is 430 g/mol. The zero-order valence-electron chi connectivity index (χ0n) is 20.3. The van der Waals surface area contributed by atoms with Crippen LogP contribution in [-0.2, 0) is 14.4 Å². The van der Waals surface area contributed by atoms with E-state index in [4.69, 9.17) is 0 Å². The molecule has 0 amide bonds. The number of ketones is 3. The van der Waals surface area contributed by atoms with E-state index >= 15 is 0 Å². The molecule has 2 fully saturated rings. The number of allylic oxidation sites excluding steroid dienone is 4. The molecule has 0 saturated heterocycles. The van der Waals surface area contributed by atoms with E-state index in [-0.39, 0.29) is 47.6 Å². The minimum Gasteiger partial charge on any atom is -0.510 e. The smallest absolute Gasteiger partial charge is 0.183 e. The number of carbonyl (C=O) groups is 3. The van der Waals surface area contributed by atoms with Crippen molar-refractivity contribution in [1.82, 2.24) is 0 Å². The quantitative estimate of drug-likeness (QED) is 0.361. The first-order valence-corrected chi connectivity index (χ1v) is 11.5. The molecule has 0 radical (unpaired) electrons. The maximum absolute atomic E-state index is 14.1. The summed E-state index contributed by atoms with van der Waals surface area (Å²) in [4.78, 5) is 41.1. The van der Waals surface area contributed by atoms with Crippen molar-refractivity contribution < 1.29 is 24.6 Å². The van der Waals surface area contributed by atoms with Crippen molar-refractivity contribution in [3.05, 3.63) is 23.0 Å². The molecule has 31 heavy (non-hydrogen) atoms. The molecule has 2 bridgehead atoms. The Morgan fingerprint density at radius 2 is 1.81 bits per heavy atom. The summed E-state index contributed by atoms with van der Waals surface area (Å²) in [6.45, 7) is 15.0. The fourth-order valence-electron chi connectivity index (χ4n) is 6.76. The topological polar surface area (TPSA) is 91.7 Å². The highest BCUT2D eigenvalue weighted by atomic mass is 16.3. The first-order chi connectivity index (χ1) is 14.1. The van der Waals surface area contributed by atoms with Gasteiger partial charge >= 0.3 is 0 Å². The molecule has 3 aliphatic rings. The Bertz CT molecular complexity index is 895. The van der Waals surface area contributed by atoms with Gasteiger partial charge in [0.1, 0.15) is 11.3 Å². The summed E-state index contributed by atoms with van der Waals surface area (Å²) in [5.41, 5.74) is -3.31. The van der Waals surface area contributed by atoms with Crippen LogP contribution >= 0.6 is 0 Å². The molecule has 2 unspecified atom stereocenters. The molecule has 0 aromatic rings. The van der Waals surface area contributed by atoms with Crippen molar-refractivity contribution in [2.75, 3.05) is 0 Å². The van der Waals surface area contributed by atoms with Gasteiger partial charge in [-0.05, 0) is 70.6 Å². The molecule has 5 nitrogen and oxygen atoms in total. The van der Waals surface area contributed by atoms with Crippen LogP contribution < -0.4 is 0 Å². The molecule has 1 spiro atoms. The van der Waals surface area contributed by atoms with Crippen LogP contribution in [0.25, 0.3) is 0 Å². The van der Waals surface area contributed by atoms with Gasteiger partial charge in [-0.1, -0.05) is 39.3 Å². The summed E-state index contributed by atoms with van der Waals surface area (Å²) in [6.07, 6.45) is 3.25. The number of carbonyl (C=O) groups excluding carboxylic acids is 3. The summed E-state index contributed by atoms with van der Waals surface area (Å²) in [7, 11) is 0. The van der Waals surface area contributed by atoms with Crippen LogP contribution in [0.2, 0.25) is 0 Å². The third-order valence-electron chi connectivity index (χ3n) is 8.65. The van der Waals surface area contributed by atoms with Crippen LogP contribution in [-0.4, -0.2) is 33.2 Å². The van der Waals surface area contributed by atoms with Crippen molar-refractivity contribution >= 4 is 17.3 Å². The van der Waals surface area contributed by atoms with Crippen LogP contribution in [0.4, 0.5) is 0 Å². The minimum absolute atomic E-state index is 0.161. The molecule has 2 N–H and O–H groups in total. The standard InChI is InChI=1S/C26H38O5/c1-9-15(4)19(27)18-20(28)25(11-10-14(2)3)12-17-23(5,6)16(24(7,8)31)13-26(17,21(18)29)22(25)30/h10,15-17,29,31H,9,11-13H2,1-8H3/t15?,16-,17+,25?,26-/m0/s1. The number of rotatable bonds is 6. The third-order valence-corrected chi connectivity index (χ3v) is 8.65. The first kappa shape index (κ1) is 23.9. The highest BCUT2D eigenvalue weighted by molar-refractivity contribution is 6.32. The average molecular weight is 431 g/mol. The number of fused-ring (bicyclic) bond motifs is 1. The van der Waals surface area contributed by atoms with E-state index < -0.39 is 33.5 Å². The third kappa shape index (κ3) is 3.02. The van der Waals surface area contributed by atoms with Crippen LogP contribution in [0.5, 0.6) is 0 Å². The second kappa shape index (κ2) is 7.13. The molecule has 172 valence electrons. The van der Waals surface area contributed by atoms with Crippen LogP contribution in [0, 0.1) is 34.0 Å². The van der Waals surface area contributed by atoms with E-state index in [1.807, 2.05) is 40.7 Å². The van der Waals surface area contributed by atoms with Crippen molar-refractivity contribution in [1.29, 1.82) is 0 Å². The number of hydrogen-bond donors (Lipinski definition) is 2. The number of hydrogen-bond acceptors (Lipinski definition) is 5. The highest BCUT2D eigenvalue weighted by Crippen LogP contribution is 2.73. The van der Waals surface area contributed by atoms with Gasteiger partial charge in [0.2, 0.25) is 0 Å². The van der Waals surface area contributed by atoms with Crippen molar-refractivity contribution in [3.63, 3.8) is 0 Å². The molecule has 5 atom stereocenters. The Hall–Kier alpha value is -1.75. The van der Waals surface area contributed by atoms with Gasteiger partial charge in [-0.3, -0.25) is 14.4 Å². The molecule has 3 aliphatic carbocycles. The minimum atomic E-state index is -1.31. The van der Waals surface area contributed by atoms with Gasteiger partial charge in [0.15, 0.2) is 17.3 Å². The lowest BCUT2D eigenvalue weighted by Crippen LogP contribution is -2.50. The maximum atomic E-state index is 14.1. The van der Waals surface area contributed by atoms with Crippen molar-refractivity contribution in [2.45, 2.75) is 86.7 Å². The predicted molar refractivity (Wildman–Crippen MR) is 119 cm³/mol. The Morgan fingerprint density at radius 1 is 1.23 bits per heavy atom. The molecule has 0 aromatic heterocycles. The van der Waals surface area contributed by atoms with E-state index in [0.29, 0.717) is 12.8 Å². The first-order valence-electron chi connectivity index (χ1n) is 11.5. The molecule has 5 heteroatoms. The second-order valence-corrected chi connectivity index (χ2v) is 11.6. The predicted octanol–water partition coefficient (Wildman–Crippen LogP) is 4.73. The highest BCUT2D eigenvalue weighted by Gasteiger charge is 2.78. The average Bonchev–Trinajstić information content (AvgIpc) is 3.03. The number of aliphatic hydroxyl groups is 2. The molecular formula is C26H38O5. The maximum Gasteiger partial charge on any atom is 0.183 e. The lowest BCUT2D eigenvalue weighted by molar-refractivity contribution is -0.144. The van der Waals surface area contributed by atoms with Crippen LogP contribution in [0.1, 0.15) is 81.1 Å². The fraction of sp³-hybridized carbons (Fsp3) is 0.731. The summed E-state index contributed by atoms with van der Waals surface area (Å²) in [6, 6.07) is 0. The summed E-state index contributed by atoms with van der Waals surface area (Å²) < 4.78 is 0. The van der Waals surface area contributed by atoms with Gasteiger partial charge < -0.3 is 10.2 Å². The van der Waals surface area contributed by atoms with Gasteiger partial charge in [-0.2, -0.15) is 0 Å². The summed E-state index contributed by atoms with van der Waals surface area (Å²) in [5, 5.41) is 22.4. The van der Waals surface area contributed by atoms with Gasteiger partial charge in [-0.25, -0.2) is 0 Å². The molecular weight excluding hydrogens is 392 g/mol. The normalized spacial score (nSPS) is 35.3. The Balaban J connectivity index is 2.31. The largest absolute Gasteiger partial charge is 0.510 e. The molecule has 3 rings (SSSR count). The van der Waals surface area contributed by atoms with Crippen LogP contribution in [0.15, 0.2) is 23.0 Å². The number of aliphatic hydroxyl groups excluding tert-OH is 1. The Labute approximate surface area is 186 Å². The summed E-state index contributed by atoms with van der Waals surface area (Å²) >= 11 is 0. The van der Waals surface area contributed by atoms with E-state index in [1.165, 1.54) is 0 Å². The van der Waals surface area contributed by atoms with Gasteiger partial charge in [-0.15, -0.1) is 0 Å².